The number of nitrogens with zero attached hydrogens (tertiary/aromatic N) is 1. The maximum atomic E-state index is 12.7. The van der Waals surface area contributed by atoms with Crippen molar-refractivity contribution in [3.63, 3.8) is 0 Å². The second kappa shape index (κ2) is 5.81. The Labute approximate surface area is 135 Å². The van der Waals surface area contributed by atoms with Gasteiger partial charge in [0, 0.05) is 17.0 Å². The number of benzene rings is 1. The van der Waals surface area contributed by atoms with Crippen LogP contribution in [0, 0.1) is 0 Å². The summed E-state index contributed by atoms with van der Waals surface area (Å²) < 4.78 is 5.27. The van der Waals surface area contributed by atoms with E-state index in [4.69, 9.17) is 4.74 Å². The van der Waals surface area contributed by atoms with Gasteiger partial charge in [-0.1, -0.05) is 0 Å². The van der Waals surface area contributed by atoms with Gasteiger partial charge in [-0.3, -0.25) is 9.78 Å². The number of methoxy groups -OCH3 is 1. The third kappa shape index (κ3) is 3.29. The molecule has 1 aromatic heterocycles. The highest BCUT2D eigenvalue weighted by Crippen LogP contribution is 2.40. The van der Waals surface area contributed by atoms with Gasteiger partial charge in [-0.15, -0.1) is 0 Å². The van der Waals surface area contributed by atoms with Gasteiger partial charge in [-0.25, -0.2) is 0 Å². The molecule has 2 aromatic rings. The summed E-state index contributed by atoms with van der Waals surface area (Å²) in [5.41, 5.74) is 1.67. The Hall–Kier alpha value is -2.14. The molecule has 1 heterocycles. The number of carbonyl (C=O) groups is 1. The normalized spacial score (nSPS) is 14.8. The fourth-order valence-corrected chi connectivity index (χ4v) is 2.54. The van der Waals surface area contributed by atoms with Crippen LogP contribution < -0.4 is 10.1 Å². The van der Waals surface area contributed by atoms with Crippen LogP contribution in [0.1, 0.15) is 48.7 Å². The minimum absolute atomic E-state index is 0.124. The van der Waals surface area contributed by atoms with Crippen LogP contribution in [0.4, 0.5) is 0 Å². The van der Waals surface area contributed by atoms with Crippen molar-refractivity contribution in [3.8, 4) is 5.75 Å². The summed E-state index contributed by atoms with van der Waals surface area (Å²) in [7, 11) is 1.60. The third-order valence-corrected chi connectivity index (χ3v) is 4.12. The molecule has 5 heteroatoms. The summed E-state index contributed by atoms with van der Waals surface area (Å²) in [4.78, 5) is 17.4. The predicted octanol–water partition coefficient (Wildman–Crippen LogP) is 2.62. The van der Waals surface area contributed by atoms with Crippen LogP contribution in [-0.4, -0.2) is 35.3 Å². The van der Waals surface area contributed by atoms with Crippen LogP contribution in [0.25, 0.3) is 10.9 Å². The quantitative estimate of drug-likeness (QED) is 0.890. The molecule has 3 rings (SSSR count). The Morgan fingerprint density at radius 1 is 1.39 bits per heavy atom. The minimum atomic E-state index is -0.675. The molecular formula is C18H22N2O3. The van der Waals surface area contributed by atoms with E-state index in [1.165, 1.54) is 0 Å². The molecule has 1 fully saturated rings. The lowest BCUT2D eigenvalue weighted by molar-refractivity contribution is 0.0871. The van der Waals surface area contributed by atoms with Crippen LogP contribution in [0.3, 0.4) is 0 Å². The fourth-order valence-electron chi connectivity index (χ4n) is 2.54. The Bertz CT molecular complexity index is 751. The molecule has 5 nitrogen and oxygen atoms in total. The van der Waals surface area contributed by atoms with Gasteiger partial charge in [-0.2, -0.15) is 0 Å². The van der Waals surface area contributed by atoms with Crippen LogP contribution in [0.2, 0.25) is 0 Å². The first-order valence-corrected chi connectivity index (χ1v) is 7.85. The van der Waals surface area contributed by atoms with Crippen molar-refractivity contribution in [2.24, 2.45) is 0 Å². The van der Waals surface area contributed by atoms with Crippen molar-refractivity contribution in [2.45, 2.75) is 38.1 Å². The zero-order chi connectivity index (χ0) is 16.6. The van der Waals surface area contributed by atoms with E-state index in [0.717, 1.165) is 29.4 Å². The first-order valence-electron chi connectivity index (χ1n) is 7.85. The van der Waals surface area contributed by atoms with Gasteiger partial charge >= 0.3 is 0 Å². The SMILES string of the molecule is COc1ccc2nc(C3CC3)cc(C(=O)NC(C)(C)CO)c2c1. The highest BCUT2D eigenvalue weighted by Gasteiger charge is 2.28. The topological polar surface area (TPSA) is 71.5 Å². The molecule has 0 spiro atoms. The molecule has 1 amide bonds. The van der Waals surface area contributed by atoms with Crippen molar-refractivity contribution < 1.29 is 14.6 Å². The fraction of sp³-hybridized carbons (Fsp3) is 0.444. The Morgan fingerprint density at radius 2 is 2.13 bits per heavy atom. The molecule has 122 valence electrons. The van der Waals surface area contributed by atoms with Crippen molar-refractivity contribution in [3.05, 3.63) is 35.5 Å². The van der Waals surface area contributed by atoms with Gasteiger partial charge in [0.15, 0.2) is 0 Å². The number of rotatable bonds is 5. The zero-order valence-electron chi connectivity index (χ0n) is 13.7. The monoisotopic (exact) mass is 314 g/mol. The van der Waals surface area contributed by atoms with Gasteiger partial charge in [0.05, 0.1) is 30.3 Å². The molecule has 0 bridgehead atoms. The highest BCUT2D eigenvalue weighted by molar-refractivity contribution is 6.06. The third-order valence-electron chi connectivity index (χ3n) is 4.12. The number of aromatic nitrogens is 1. The molecule has 0 aliphatic heterocycles. The van der Waals surface area contributed by atoms with Crippen LogP contribution in [0.15, 0.2) is 24.3 Å². The molecule has 0 atom stereocenters. The minimum Gasteiger partial charge on any atom is -0.497 e. The maximum absolute atomic E-state index is 12.7. The summed E-state index contributed by atoms with van der Waals surface area (Å²) in [5, 5.41) is 13.0. The number of amides is 1. The van der Waals surface area contributed by atoms with Crippen molar-refractivity contribution in [1.82, 2.24) is 10.3 Å². The van der Waals surface area contributed by atoms with Gasteiger partial charge in [0.2, 0.25) is 0 Å². The second-order valence-electron chi connectivity index (χ2n) is 6.75. The smallest absolute Gasteiger partial charge is 0.252 e. The number of aliphatic hydroxyl groups excluding tert-OH is 1. The number of fused-ring (bicyclic) bond motifs is 1. The zero-order valence-corrected chi connectivity index (χ0v) is 13.7. The molecule has 0 radical (unpaired) electrons. The van der Waals surface area contributed by atoms with Crippen molar-refractivity contribution >= 4 is 16.8 Å². The van der Waals surface area contributed by atoms with Gasteiger partial charge in [0.25, 0.3) is 5.91 Å². The van der Waals surface area contributed by atoms with Crippen LogP contribution in [0.5, 0.6) is 5.75 Å². The molecule has 23 heavy (non-hydrogen) atoms. The number of carbonyl (C=O) groups excluding carboxylic acids is 1. The average molecular weight is 314 g/mol. The first kappa shape index (κ1) is 15.7. The molecule has 0 saturated heterocycles. The van der Waals surface area contributed by atoms with E-state index in [1.54, 1.807) is 21.0 Å². The van der Waals surface area contributed by atoms with Crippen molar-refractivity contribution in [2.75, 3.05) is 13.7 Å². The predicted molar refractivity (Wildman–Crippen MR) is 88.9 cm³/mol. The molecule has 1 aliphatic rings. The van der Waals surface area contributed by atoms with Crippen molar-refractivity contribution in [1.29, 1.82) is 0 Å². The highest BCUT2D eigenvalue weighted by atomic mass is 16.5. The summed E-state index contributed by atoms with van der Waals surface area (Å²) in [6.07, 6.45) is 2.25. The number of aliphatic hydroxyl groups is 1. The summed E-state index contributed by atoms with van der Waals surface area (Å²) in [6, 6.07) is 7.45. The molecule has 1 aliphatic carbocycles. The van der Waals surface area contributed by atoms with E-state index in [1.807, 2.05) is 24.3 Å². The van der Waals surface area contributed by atoms with E-state index < -0.39 is 5.54 Å². The van der Waals surface area contributed by atoms with E-state index in [9.17, 15) is 9.90 Å². The van der Waals surface area contributed by atoms with E-state index in [-0.39, 0.29) is 12.5 Å². The molecule has 2 N–H and O–H groups in total. The second-order valence-corrected chi connectivity index (χ2v) is 6.75. The largest absolute Gasteiger partial charge is 0.497 e. The lowest BCUT2D eigenvalue weighted by atomic mass is 10.0. The van der Waals surface area contributed by atoms with Crippen LogP contribution >= 0.6 is 0 Å². The van der Waals surface area contributed by atoms with Gasteiger partial charge in [-0.05, 0) is 51.0 Å². The van der Waals surface area contributed by atoms with E-state index >= 15 is 0 Å². The Balaban J connectivity index is 2.09. The molecule has 0 unspecified atom stereocenters. The van der Waals surface area contributed by atoms with Gasteiger partial charge in [0.1, 0.15) is 5.75 Å². The molecule has 1 aromatic carbocycles. The molecule has 1 saturated carbocycles. The number of pyridine rings is 1. The average Bonchev–Trinajstić information content (AvgIpc) is 3.37. The first-order chi connectivity index (χ1) is 10.9. The number of nitrogens with one attached hydrogen (secondary N) is 1. The Morgan fingerprint density at radius 3 is 2.74 bits per heavy atom. The summed E-state index contributed by atoms with van der Waals surface area (Å²) in [6.45, 7) is 3.45. The summed E-state index contributed by atoms with van der Waals surface area (Å²) in [5.74, 6) is 0.944. The van der Waals surface area contributed by atoms with E-state index in [2.05, 4.69) is 10.3 Å². The van der Waals surface area contributed by atoms with E-state index in [0.29, 0.717) is 17.2 Å². The lowest BCUT2D eigenvalue weighted by Gasteiger charge is -2.24. The summed E-state index contributed by atoms with van der Waals surface area (Å²) >= 11 is 0. The molecular weight excluding hydrogens is 292 g/mol. The Kier molecular flexibility index (Phi) is 3.98. The van der Waals surface area contributed by atoms with Gasteiger partial charge < -0.3 is 15.2 Å². The number of hydrogen-bond acceptors (Lipinski definition) is 4. The number of hydrogen-bond donors (Lipinski definition) is 2. The lowest BCUT2D eigenvalue weighted by Crippen LogP contribution is -2.46. The number of ether oxygens (including phenoxy) is 1. The van der Waals surface area contributed by atoms with Crippen LogP contribution in [-0.2, 0) is 0 Å². The standard InChI is InChI=1S/C18H22N2O3/c1-18(2,10-21)20-17(22)14-9-16(11-4-5-11)19-15-7-6-12(23-3)8-13(14)15/h6-9,11,21H,4-5,10H2,1-3H3,(H,20,22). The maximum Gasteiger partial charge on any atom is 0.252 e.